The Labute approximate surface area is 161 Å². The summed E-state index contributed by atoms with van der Waals surface area (Å²) in [6.45, 7) is 7.55. The second-order valence-corrected chi connectivity index (χ2v) is 8.19. The molecule has 0 heterocycles. The Balaban J connectivity index is 2.13. The summed E-state index contributed by atoms with van der Waals surface area (Å²) in [5.41, 5.74) is 3.61. The van der Waals surface area contributed by atoms with Crippen molar-refractivity contribution in [3.8, 4) is 5.75 Å². The van der Waals surface area contributed by atoms with Crippen LogP contribution >= 0.6 is 0 Å². The number of sulfonamides is 1. The van der Waals surface area contributed by atoms with Crippen molar-refractivity contribution in [3.63, 3.8) is 0 Å². The fourth-order valence-corrected chi connectivity index (χ4v) is 3.97. The zero-order chi connectivity index (χ0) is 20.2. The molecule has 0 fully saturated rings. The third-order valence-electron chi connectivity index (χ3n) is 4.55. The molecule has 0 unspecified atom stereocenters. The van der Waals surface area contributed by atoms with Crippen LogP contribution in [-0.4, -0.2) is 34.5 Å². The summed E-state index contributed by atoms with van der Waals surface area (Å²) < 4.78 is 32.8. The van der Waals surface area contributed by atoms with Crippen LogP contribution in [0.4, 0.5) is 5.69 Å². The topological polar surface area (TPSA) is 75.7 Å². The molecule has 146 valence electrons. The van der Waals surface area contributed by atoms with Crippen molar-refractivity contribution in [2.45, 2.75) is 32.6 Å². The largest absolute Gasteiger partial charge is 0.496 e. The van der Waals surface area contributed by atoms with Gasteiger partial charge in [0, 0.05) is 25.7 Å². The van der Waals surface area contributed by atoms with E-state index in [4.69, 9.17) is 4.74 Å². The summed E-state index contributed by atoms with van der Waals surface area (Å²) in [7, 11) is -2.13. The van der Waals surface area contributed by atoms with Crippen LogP contribution in [0.1, 0.15) is 23.6 Å². The van der Waals surface area contributed by atoms with Gasteiger partial charge in [0.25, 0.3) is 0 Å². The minimum absolute atomic E-state index is 0.111. The van der Waals surface area contributed by atoms with Gasteiger partial charge in [0.15, 0.2) is 0 Å². The average Bonchev–Trinajstić information content (AvgIpc) is 2.61. The number of hydrogen-bond acceptors (Lipinski definition) is 4. The van der Waals surface area contributed by atoms with E-state index in [2.05, 4.69) is 4.72 Å². The molecule has 27 heavy (non-hydrogen) atoms. The number of carbonyl (C=O) groups is 1. The molecule has 0 aliphatic rings. The van der Waals surface area contributed by atoms with Gasteiger partial charge in [-0.2, -0.15) is 0 Å². The van der Waals surface area contributed by atoms with Crippen molar-refractivity contribution >= 4 is 21.6 Å². The van der Waals surface area contributed by atoms with E-state index in [0.717, 1.165) is 22.4 Å². The van der Waals surface area contributed by atoms with Crippen LogP contribution < -0.4 is 14.4 Å². The van der Waals surface area contributed by atoms with Crippen LogP contribution in [0.3, 0.4) is 0 Å². The Kier molecular flexibility index (Phi) is 6.62. The monoisotopic (exact) mass is 390 g/mol. The van der Waals surface area contributed by atoms with E-state index in [0.29, 0.717) is 5.75 Å². The maximum Gasteiger partial charge on any atom is 0.240 e. The van der Waals surface area contributed by atoms with Gasteiger partial charge in [-0.3, -0.25) is 4.79 Å². The highest BCUT2D eigenvalue weighted by Crippen LogP contribution is 2.23. The molecule has 0 spiro atoms. The van der Waals surface area contributed by atoms with Gasteiger partial charge in [-0.1, -0.05) is 12.1 Å². The summed E-state index contributed by atoms with van der Waals surface area (Å²) in [5.74, 6) is 0.495. The SMILES string of the molecule is COc1ccc(S(=O)(=O)NCCN(C(C)=O)c2cccc(C)c2C)cc1C. The quantitative estimate of drug-likeness (QED) is 0.789. The Morgan fingerprint density at radius 3 is 2.41 bits per heavy atom. The molecule has 0 aromatic heterocycles. The number of nitrogens with zero attached hydrogens (tertiary/aromatic N) is 1. The molecule has 0 saturated heterocycles. The molecule has 2 aromatic rings. The predicted molar refractivity (Wildman–Crippen MR) is 107 cm³/mol. The summed E-state index contributed by atoms with van der Waals surface area (Å²) in [6, 6.07) is 10.4. The van der Waals surface area contributed by atoms with Crippen LogP contribution in [0.15, 0.2) is 41.3 Å². The van der Waals surface area contributed by atoms with Crippen molar-refractivity contribution in [1.29, 1.82) is 0 Å². The number of aryl methyl sites for hydroxylation is 2. The molecule has 1 N–H and O–H groups in total. The molecular formula is C20H26N2O4S. The average molecular weight is 391 g/mol. The van der Waals surface area contributed by atoms with Gasteiger partial charge in [-0.25, -0.2) is 13.1 Å². The Bertz CT molecular complexity index is 939. The lowest BCUT2D eigenvalue weighted by atomic mass is 10.1. The smallest absolute Gasteiger partial charge is 0.240 e. The molecular weight excluding hydrogens is 364 g/mol. The fraction of sp³-hybridized carbons (Fsp3) is 0.350. The van der Waals surface area contributed by atoms with E-state index in [9.17, 15) is 13.2 Å². The van der Waals surface area contributed by atoms with Crippen molar-refractivity contribution in [3.05, 3.63) is 53.1 Å². The fourth-order valence-electron chi connectivity index (χ4n) is 2.87. The van der Waals surface area contributed by atoms with E-state index in [1.165, 1.54) is 13.0 Å². The normalized spacial score (nSPS) is 11.3. The molecule has 0 atom stereocenters. The van der Waals surface area contributed by atoms with Crippen molar-refractivity contribution in [2.75, 3.05) is 25.1 Å². The summed E-state index contributed by atoms with van der Waals surface area (Å²) in [6.07, 6.45) is 0. The van der Waals surface area contributed by atoms with Gasteiger partial charge in [0.1, 0.15) is 5.75 Å². The van der Waals surface area contributed by atoms with E-state index in [-0.39, 0.29) is 23.9 Å². The number of nitrogens with one attached hydrogen (secondary N) is 1. The molecule has 0 saturated carbocycles. The molecule has 7 heteroatoms. The maximum atomic E-state index is 12.5. The van der Waals surface area contributed by atoms with Crippen LogP contribution in [0.25, 0.3) is 0 Å². The second kappa shape index (κ2) is 8.54. The highest BCUT2D eigenvalue weighted by molar-refractivity contribution is 7.89. The number of ether oxygens (including phenoxy) is 1. The lowest BCUT2D eigenvalue weighted by molar-refractivity contribution is -0.116. The van der Waals surface area contributed by atoms with E-state index >= 15 is 0 Å². The highest BCUT2D eigenvalue weighted by Gasteiger charge is 2.18. The lowest BCUT2D eigenvalue weighted by Crippen LogP contribution is -2.38. The standard InChI is InChI=1S/C20H26N2O4S/c1-14-7-6-8-19(16(14)3)22(17(4)23)12-11-21-27(24,25)18-9-10-20(26-5)15(2)13-18/h6-10,13,21H,11-12H2,1-5H3. The van der Waals surface area contributed by atoms with E-state index < -0.39 is 10.0 Å². The molecule has 2 aromatic carbocycles. The number of amides is 1. The third-order valence-corrected chi connectivity index (χ3v) is 6.01. The first-order chi connectivity index (χ1) is 12.7. The van der Waals surface area contributed by atoms with Crippen molar-refractivity contribution in [2.24, 2.45) is 0 Å². The zero-order valence-electron chi connectivity index (χ0n) is 16.4. The van der Waals surface area contributed by atoms with E-state index in [1.807, 2.05) is 32.0 Å². The minimum Gasteiger partial charge on any atom is -0.496 e. The number of hydrogen-bond donors (Lipinski definition) is 1. The molecule has 1 amide bonds. The number of benzene rings is 2. The number of anilines is 1. The van der Waals surface area contributed by atoms with Crippen LogP contribution in [0.5, 0.6) is 5.75 Å². The summed E-state index contributed by atoms with van der Waals surface area (Å²) in [5, 5.41) is 0. The van der Waals surface area contributed by atoms with Crippen molar-refractivity contribution < 1.29 is 17.9 Å². The van der Waals surface area contributed by atoms with Gasteiger partial charge in [-0.15, -0.1) is 0 Å². The minimum atomic E-state index is -3.67. The van der Waals surface area contributed by atoms with Gasteiger partial charge in [0.2, 0.25) is 15.9 Å². The first-order valence-electron chi connectivity index (χ1n) is 8.66. The van der Waals surface area contributed by atoms with E-state index in [1.54, 1.807) is 31.1 Å². The molecule has 0 aliphatic heterocycles. The van der Waals surface area contributed by atoms with Gasteiger partial charge in [-0.05, 0) is 61.7 Å². The number of methoxy groups -OCH3 is 1. The zero-order valence-corrected chi connectivity index (χ0v) is 17.2. The van der Waals surface area contributed by atoms with Gasteiger partial charge < -0.3 is 9.64 Å². The van der Waals surface area contributed by atoms with Gasteiger partial charge >= 0.3 is 0 Å². The lowest BCUT2D eigenvalue weighted by Gasteiger charge is -2.24. The second-order valence-electron chi connectivity index (χ2n) is 6.42. The predicted octanol–water partition coefficient (Wildman–Crippen LogP) is 2.95. The summed E-state index contributed by atoms with van der Waals surface area (Å²) in [4.78, 5) is 13.8. The number of carbonyl (C=O) groups excluding carboxylic acids is 1. The highest BCUT2D eigenvalue weighted by atomic mass is 32.2. The molecule has 0 bridgehead atoms. The van der Waals surface area contributed by atoms with Crippen LogP contribution in [-0.2, 0) is 14.8 Å². The first kappa shape index (κ1) is 20.9. The van der Waals surface area contributed by atoms with Gasteiger partial charge in [0.05, 0.1) is 12.0 Å². The Morgan fingerprint density at radius 1 is 1.11 bits per heavy atom. The Hall–Kier alpha value is -2.38. The molecule has 6 nitrogen and oxygen atoms in total. The maximum absolute atomic E-state index is 12.5. The Morgan fingerprint density at radius 2 is 1.81 bits per heavy atom. The molecule has 2 rings (SSSR count). The summed E-state index contributed by atoms with van der Waals surface area (Å²) >= 11 is 0. The molecule has 0 radical (unpaired) electrons. The molecule has 0 aliphatic carbocycles. The third kappa shape index (κ3) is 4.87. The van der Waals surface area contributed by atoms with Crippen molar-refractivity contribution in [1.82, 2.24) is 4.72 Å². The number of rotatable bonds is 7. The first-order valence-corrected chi connectivity index (χ1v) is 10.1. The van der Waals surface area contributed by atoms with Crippen LogP contribution in [0.2, 0.25) is 0 Å². The van der Waals surface area contributed by atoms with Crippen LogP contribution in [0, 0.1) is 20.8 Å².